The van der Waals surface area contributed by atoms with Crippen LogP contribution in [-0.2, 0) is 23.9 Å². The Kier molecular flexibility index (Phi) is 7.34. The molecule has 0 radical (unpaired) electrons. The number of carbonyl (C=O) groups is 3. The smallest absolute Gasteiger partial charge is 0.328 e. The Morgan fingerprint density at radius 2 is 1.74 bits per heavy atom. The highest BCUT2D eigenvalue weighted by atomic mass is 35.5. The van der Waals surface area contributed by atoms with Gasteiger partial charge in [0.25, 0.3) is 5.91 Å². The van der Waals surface area contributed by atoms with E-state index in [0.29, 0.717) is 10.8 Å². The standard InChI is InChI=1S/C15H18ClNO6/c1-9(23-11-6-4-10(16)5-7-11)14(19)17-12(15(20)22-3)8-13(18)21-2/h4-7,9,12H,8H2,1-3H3,(H,17,19)/t9-,12+/m1/s1. The quantitative estimate of drug-likeness (QED) is 0.751. The van der Waals surface area contributed by atoms with Gasteiger partial charge in [0, 0.05) is 5.02 Å². The zero-order valence-corrected chi connectivity index (χ0v) is 13.8. The molecule has 1 aromatic rings. The van der Waals surface area contributed by atoms with E-state index in [-0.39, 0.29) is 6.42 Å². The fraction of sp³-hybridized carbons (Fsp3) is 0.400. The fourth-order valence-corrected chi connectivity index (χ4v) is 1.77. The molecule has 0 aliphatic heterocycles. The van der Waals surface area contributed by atoms with Gasteiger partial charge in [-0.25, -0.2) is 4.79 Å². The number of benzene rings is 1. The average molecular weight is 344 g/mol. The Hall–Kier alpha value is -2.28. The summed E-state index contributed by atoms with van der Waals surface area (Å²) in [7, 11) is 2.34. The van der Waals surface area contributed by atoms with Gasteiger partial charge in [0.2, 0.25) is 0 Å². The summed E-state index contributed by atoms with van der Waals surface area (Å²) in [6, 6.07) is 5.32. The Morgan fingerprint density at radius 3 is 2.26 bits per heavy atom. The van der Waals surface area contributed by atoms with Crippen molar-refractivity contribution >= 4 is 29.4 Å². The maximum absolute atomic E-state index is 12.1. The third kappa shape index (κ3) is 6.15. The maximum atomic E-state index is 12.1. The molecule has 0 spiro atoms. The molecule has 0 fully saturated rings. The third-order valence-corrected chi connectivity index (χ3v) is 3.15. The number of esters is 2. The van der Waals surface area contributed by atoms with E-state index in [0.717, 1.165) is 7.11 Å². The molecule has 1 rings (SSSR count). The van der Waals surface area contributed by atoms with Crippen molar-refractivity contribution in [1.82, 2.24) is 5.32 Å². The number of amides is 1. The van der Waals surface area contributed by atoms with Gasteiger partial charge in [0.05, 0.1) is 20.6 Å². The van der Waals surface area contributed by atoms with E-state index in [1.54, 1.807) is 24.3 Å². The van der Waals surface area contributed by atoms with E-state index in [9.17, 15) is 14.4 Å². The van der Waals surface area contributed by atoms with Crippen molar-refractivity contribution in [2.45, 2.75) is 25.5 Å². The van der Waals surface area contributed by atoms with Crippen molar-refractivity contribution in [3.63, 3.8) is 0 Å². The van der Waals surface area contributed by atoms with Gasteiger partial charge in [-0.2, -0.15) is 0 Å². The van der Waals surface area contributed by atoms with Crippen LogP contribution in [0.4, 0.5) is 0 Å². The average Bonchev–Trinajstić information content (AvgIpc) is 2.55. The van der Waals surface area contributed by atoms with Gasteiger partial charge >= 0.3 is 11.9 Å². The van der Waals surface area contributed by atoms with Gasteiger partial charge in [-0.1, -0.05) is 11.6 Å². The zero-order chi connectivity index (χ0) is 17.4. The van der Waals surface area contributed by atoms with Crippen LogP contribution in [0.25, 0.3) is 0 Å². The van der Waals surface area contributed by atoms with Crippen LogP contribution < -0.4 is 10.1 Å². The van der Waals surface area contributed by atoms with Crippen LogP contribution in [0.2, 0.25) is 5.02 Å². The predicted octanol–water partition coefficient (Wildman–Crippen LogP) is 1.33. The van der Waals surface area contributed by atoms with Crippen LogP contribution in [0.15, 0.2) is 24.3 Å². The van der Waals surface area contributed by atoms with Crippen molar-refractivity contribution < 1.29 is 28.6 Å². The molecule has 0 saturated carbocycles. The van der Waals surface area contributed by atoms with Gasteiger partial charge in [-0.3, -0.25) is 9.59 Å². The molecular weight excluding hydrogens is 326 g/mol. The molecule has 0 aromatic heterocycles. The number of hydrogen-bond acceptors (Lipinski definition) is 6. The molecule has 0 aliphatic carbocycles. The summed E-state index contributed by atoms with van der Waals surface area (Å²) >= 11 is 5.76. The van der Waals surface area contributed by atoms with Crippen LogP contribution in [0, 0.1) is 0 Å². The van der Waals surface area contributed by atoms with Crippen LogP contribution in [0.1, 0.15) is 13.3 Å². The lowest BCUT2D eigenvalue weighted by molar-refractivity contribution is -0.151. The number of ether oxygens (including phenoxy) is 3. The lowest BCUT2D eigenvalue weighted by atomic mass is 10.2. The predicted molar refractivity (Wildman–Crippen MR) is 82.1 cm³/mol. The highest BCUT2D eigenvalue weighted by Gasteiger charge is 2.27. The number of hydrogen-bond donors (Lipinski definition) is 1. The highest BCUT2D eigenvalue weighted by Crippen LogP contribution is 2.16. The minimum atomic E-state index is -1.14. The van der Waals surface area contributed by atoms with Gasteiger partial charge in [-0.05, 0) is 31.2 Å². The maximum Gasteiger partial charge on any atom is 0.328 e. The second kappa shape index (κ2) is 8.99. The zero-order valence-electron chi connectivity index (χ0n) is 13.0. The number of rotatable bonds is 7. The van der Waals surface area contributed by atoms with Crippen molar-refractivity contribution in [2.24, 2.45) is 0 Å². The van der Waals surface area contributed by atoms with Crippen molar-refractivity contribution in [2.75, 3.05) is 14.2 Å². The van der Waals surface area contributed by atoms with Crippen LogP contribution >= 0.6 is 11.6 Å². The summed E-state index contributed by atoms with van der Waals surface area (Å²) in [5.41, 5.74) is 0. The van der Waals surface area contributed by atoms with E-state index >= 15 is 0 Å². The molecule has 1 amide bonds. The molecule has 0 saturated heterocycles. The summed E-state index contributed by atoms with van der Waals surface area (Å²) in [5, 5.41) is 2.94. The molecule has 7 nitrogen and oxygen atoms in total. The van der Waals surface area contributed by atoms with Gasteiger partial charge in [0.1, 0.15) is 11.8 Å². The number of nitrogens with one attached hydrogen (secondary N) is 1. The minimum absolute atomic E-state index is 0.331. The lowest BCUT2D eigenvalue weighted by Crippen LogP contribution is -2.47. The Labute approximate surface area is 138 Å². The Balaban J connectivity index is 2.67. The molecule has 0 aliphatic rings. The molecule has 2 atom stereocenters. The summed E-state index contributed by atoms with van der Waals surface area (Å²) in [6.45, 7) is 1.51. The van der Waals surface area contributed by atoms with Gasteiger partial charge < -0.3 is 19.5 Å². The second-order valence-corrected chi connectivity index (χ2v) is 5.02. The molecule has 1 N–H and O–H groups in total. The largest absolute Gasteiger partial charge is 0.481 e. The SMILES string of the molecule is COC(=O)C[C@H](NC(=O)[C@@H](C)Oc1ccc(Cl)cc1)C(=O)OC. The summed E-state index contributed by atoms with van der Waals surface area (Å²) in [5.74, 6) is -1.52. The lowest BCUT2D eigenvalue weighted by Gasteiger charge is -2.19. The third-order valence-electron chi connectivity index (χ3n) is 2.90. The van der Waals surface area contributed by atoms with Gasteiger partial charge in [0.15, 0.2) is 6.10 Å². The van der Waals surface area contributed by atoms with Gasteiger partial charge in [-0.15, -0.1) is 0 Å². The van der Waals surface area contributed by atoms with E-state index < -0.39 is 30.0 Å². The number of methoxy groups -OCH3 is 2. The summed E-state index contributed by atoms with van der Waals surface area (Å²) in [6.07, 6.45) is -1.22. The van der Waals surface area contributed by atoms with Crippen LogP contribution in [-0.4, -0.2) is 44.2 Å². The molecule has 23 heavy (non-hydrogen) atoms. The molecule has 126 valence electrons. The molecule has 8 heteroatoms. The molecule has 0 unspecified atom stereocenters. The highest BCUT2D eigenvalue weighted by molar-refractivity contribution is 6.30. The molecule has 0 heterocycles. The van der Waals surface area contributed by atoms with E-state index in [2.05, 4.69) is 14.8 Å². The van der Waals surface area contributed by atoms with E-state index in [1.807, 2.05) is 0 Å². The van der Waals surface area contributed by atoms with Crippen molar-refractivity contribution in [1.29, 1.82) is 0 Å². The monoisotopic (exact) mass is 343 g/mol. The van der Waals surface area contributed by atoms with Crippen molar-refractivity contribution in [3.8, 4) is 5.75 Å². The van der Waals surface area contributed by atoms with E-state index in [4.69, 9.17) is 16.3 Å². The first-order valence-corrected chi connectivity index (χ1v) is 7.12. The summed E-state index contributed by atoms with van der Waals surface area (Å²) < 4.78 is 14.5. The Morgan fingerprint density at radius 1 is 1.13 bits per heavy atom. The molecule has 0 bridgehead atoms. The number of carbonyl (C=O) groups excluding carboxylic acids is 3. The Bertz CT molecular complexity index is 560. The van der Waals surface area contributed by atoms with Crippen LogP contribution in [0.3, 0.4) is 0 Å². The summed E-state index contributed by atoms with van der Waals surface area (Å²) in [4.78, 5) is 35.0. The fourth-order valence-electron chi connectivity index (χ4n) is 1.65. The minimum Gasteiger partial charge on any atom is -0.481 e. The first kappa shape index (κ1) is 18.8. The van der Waals surface area contributed by atoms with E-state index in [1.165, 1.54) is 14.0 Å². The first-order valence-electron chi connectivity index (χ1n) is 6.74. The first-order chi connectivity index (χ1) is 10.9. The topological polar surface area (TPSA) is 90.9 Å². The number of halogens is 1. The van der Waals surface area contributed by atoms with Crippen molar-refractivity contribution in [3.05, 3.63) is 29.3 Å². The van der Waals surface area contributed by atoms with Crippen LogP contribution in [0.5, 0.6) is 5.75 Å². The normalized spacial score (nSPS) is 12.7. The molecule has 1 aromatic carbocycles. The molecular formula is C15H18ClNO6. The second-order valence-electron chi connectivity index (χ2n) is 4.58.